The van der Waals surface area contributed by atoms with E-state index in [0.717, 1.165) is 55.4 Å². The molecule has 0 radical (unpaired) electrons. The number of amides is 1. The molecule has 1 saturated heterocycles. The van der Waals surface area contributed by atoms with Crippen LogP contribution in [-0.2, 0) is 11.8 Å². The Kier molecular flexibility index (Phi) is 3.71. The number of aryl methyl sites for hydroxylation is 1. The van der Waals surface area contributed by atoms with Crippen molar-refractivity contribution in [1.82, 2.24) is 14.9 Å². The molecule has 0 atom stereocenters. The zero-order valence-corrected chi connectivity index (χ0v) is 13.7. The third-order valence-electron chi connectivity index (χ3n) is 5.17. The van der Waals surface area contributed by atoms with Crippen molar-refractivity contribution in [3.63, 3.8) is 0 Å². The smallest absolute Gasteiger partial charge is 0.223 e. The van der Waals surface area contributed by atoms with Crippen LogP contribution in [0, 0.1) is 11.8 Å². The van der Waals surface area contributed by atoms with Crippen LogP contribution < -0.4 is 10.2 Å². The molecule has 122 valence electrons. The van der Waals surface area contributed by atoms with Crippen LogP contribution in [0.25, 0.3) is 11.0 Å². The number of nitrogens with one attached hydrogen (secondary N) is 1. The van der Waals surface area contributed by atoms with Crippen molar-refractivity contribution in [3.8, 4) is 0 Å². The molecule has 0 unspecified atom stereocenters. The van der Waals surface area contributed by atoms with E-state index in [-0.39, 0.29) is 11.8 Å². The lowest BCUT2D eigenvalue weighted by atomic mass is 9.96. The highest BCUT2D eigenvalue weighted by atomic mass is 16.1. The van der Waals surface area contributed by atoms with Crippen molar-refractivity contribution >= 4 is 22.9 Å². The maximum atomic E-state index is 12.2. The Morgan fingerprint density at radius 1 is 1.22 bits per heavy atom. The molecule has 0 spiro atoms. The molecule has 4 rings (SSSR count). The van der Waals surface area contributed by atoms with Crippen LogP contribution >= 0.6 is 0 Å². The van der Waals surface area contributed by atoms with Gasteiger partial charge >= 0.3 is 0 Å². The molecule has 1 aromatic carbocycles. The number of para-hydroxylation sites is 2. The summed E-state index contributed by atoms with van der Waals surface area (Å²) in [5, 5.41) is 3.12. The first-order valence-corrected chi connectivity index (χ1v) is 8.66. The Bertz CT molecular complexity index is 711. The molecule has 1 amide bonds. The van der Waals surface area contributed by atoms with Crippen LogP contribution in [0.3, 0.4) is 0 Å². The molecule has 2 fully saturated rings. The summed E-state index contributed by atoms with van der Waals surface area (Å²) in [7, 11) is 2.07. The topological polar surface area (TPSA) is 50.2 Å². The number of rotatable bonds is 4. The van der Waals surface area contributed by atoms with E-state index in [2.05, 4.69) is 34.0 Å². The van der Waals surface area contributed by atoms with Crippen LogP contribution in [0.2, 0.25) is 0 Å². The zero-order chi connectivity index (χ0) is 15.8. The number of benzene rings is 1. The minimum Gasteiger partial charge on any atom is -0.356 e. The second-order valence-corrected chi connectivity index (χ2v) is 6.91. The summed E-state index contributed by atoms with van der Waals surface area (Å²) < 4.78 is 2.16. The number of carbonyl (C=O) groups is 1. The summed E-state index contributed by atoms with van der Waals surface area (Å²) in [5.41, 5.74) is 2.20. The number of anilines is 1. The van der Waals surface area contributed by atoms with Crippen LogP contribution in [0.1, 0.15) is 25.7 Å². The minimum absolute atomic E-state index is 0.166. The molecule has 2 aliphatic rings. The Morgan fingerprint density at radius 3 is 2.65 bits per heavy atom. The quantitative estimate of drug-likeness (QED) is 0.942. The second kappa shape index (κ2) is 5.87. The van der Waals surface area contributed by atoms with E-state index in [4.69, 9.17) is 4.98 Å². The van der Waals surface area contributed by atoms with Gasteiger partial charge in [-0.3, -0.25) is 4.79 Å². The van der Waals surface area contributed by atoms with E-state index in [1.54, 1.807) is 0 Å². The second-order valence-electron chi connectivity index (χ2n) is 6.91. The highest BCUT2D eigenvalue weighted by molar-refractivity contribution is 5.80. The molecule has 1 saturated carbocycles. The summed E-state index contributed by atoms with van der Waals surface area (Å²) >= 11 is 0. The van der Waals surface area contributed by atoms with Gasteiger partial charge in [-0.05, 0) is 43.7 Å². The molecule has 1 aliphatic heterocycles. The Labute approximate surface area is 136 Å². The largest absolute Gasteiger partial charge is 0.356 e. The van der Waals surface area contributed by atoms with Crippen LogP contribution in [0.15, 0.2) is 24.3 Å². The van der Waals surface area contributed by atoms with Crippen LogP contribution in [0.5, 0.6) is 0 Å². The molecule has 1 aliphatic carbocycles. The van der Waals surface area contributed by atoms with Gasteiger partial charge in [0.25, 0.3) is 0 Å². The van der Waals surface area contributed by atoms with Gasteiger partial charge in [0.2, 0.25) is 11.9 Å². The molecule has 2 heterocycles. The van der Waals surface area contributed by atoms with Crippen molar-refractivity contribution in [2.45, 2.75) is 25.7 Å². The highest BCUT2D eigenvalue weighted by Crippen LogP contribution is 2.28. The zero-order valence-electron chi connectivity index (χ0n) is 13.7. The van der Waals surface area contributed by atoms with Gasteiger partial charge in [-0.25, -0.2) is 4.98 Å². The third kappa shape index (κ3) is 2.92. The first kappa shape index (κ1) is 14.5. The van der Waals surface area contributed by atoms with Gasteiger partial charge in [0.05, 0.1) is 11.0 Å². The van der Waals surface area contributed by atoms with E-state index >= 15 is 0 Å². The summed E-state index contributed by atoms with van der Waals surface area (Å²) in [5.74, 6) is 2.18. The fraction of sp³-hybridized carbons (Fsp3) is 0.556. The van der Waals surface area contributed by atoms with Crippen molar-refractivity contribution in [2.24, 2.45) is 18.9 Å². The monoisotopic (exact) mass is 312 g/mol. The first-order valence-electron chi connectivity index (χ1n) is 8.66. The number of imidazole rings is 1. The number of nitrogens with zero attached hydrogens (tertiary/aromatic N) is 3. The molecule has 0 bridgehead atoms. The number of hydrogen-bond acceptors (Lipinski definition) is 3. The molecule has 5 heteroatoms. The lowest BCUT2D eigenvalue weighted by Gasteiger charge is -2.32. The molecule has 5 nitrogen and oxygen atoms in total. The average Bonchev–Trinajstić information content (AvgIpc) is 3.36. The summed E-state index contributed by atoms with van der Waals surface area (Å²) in [4.78, 5) is 19.3. The predicted octanol–water partition coefficient (Wildman–Crippen LogP) is 2.32. The van der Waals surface area contributed by atoms with Crippen LogP contribution in [-0.4, -0.2) is 35.1 Å². The number of fused-ring (bicyclic) bond motifs is 1. The predicted molar refractivity (Wildman–Crippen MR) is 91.4 cm³/mol. The molecule has 1 N–H and O–H groups in total. The average molecular weight is 312 g/mol. The first-order chi connectivity index (χ1) is 11.2. The van der Waals surface area contributed by atoms with E-state index in [0.29, 0.717) is 0 Å². The number of carbonyl (C=O) groups excluding carboxylic acids is 1. The molecular formula is C18H24N4O. The normalized spacial score (nSPS) is 19.3. The number of piperidine rings is 1. The molecule has 2 aromatic rings. The van der Waals surface area contributed by atoms with E-state index < -0.39 is 0 Å². The lowest BCUT2D eigenvalue weighted by molar-refractivity contribution is -0.125. The molecule has 23 heavy (non-hydrogen) atoms. The Morgan fingerprint density at radius 2 is 1.96 bits per heavy atom. The van der Waals surface area contributed by atoms with E-state index in [9.17, 15) is 4.79 Å². The van der Waals surface area contributed by atoms with Crippen molar-refractivity contribution < 1.29 is 4.79 Å². The maximum absolute atomic E-state index is 12.2. The standard InChI is InChI=1S/C18H24N4O/c1-21-16-5-3-2-4-15(16)20-18(21)22-10-8-14(9-11-22)17(23)19-12-13-6-7-13/h2-5,13-14H,6-12H2,1H3,(H,19,23). The van der Waals surface area contributed by atoms with Crippen molar-refractivity contribution in [3.05, 3.63) is 24.3 Å². The van der Waals surface area contributed by atoms with Gasteiger partial charge in [0.15, 0.2) is 0 Å². The number of aromatic nitrogens is 2. The minimum atomic E-state index is 0.166. The van der Waals surface area contributed by atoms with Crippen molar-refractivity contribution in [1.29, 1.82) is 0 Å². The van der Waals surface area contributed by atoms with Crippen LogP contribution in [0.4, 0.5) is 5.95 Å². The Hall–Kier alpha value is -2.04. The molecule has 1 aromatic heterocycles. The third-order valence-corrected chi connectivity index (χ3v) is 5.17. The SMILES string of the molecule is Cn1c(N2CCC(C(=O)NCC3CC3)CC2)nc2ccccc21. The maximum Gasteiger partial charge on any atom is 0.223 e. The summed E-state index contributed by atoms with van der Waals surface area (Å²) in [6.07, 6.45) is 4.40. The van der Waals surface area contributed by atoms with Gasteiger partial charge in [-0.1, -0.05) is 12.1 Å². The Balaban J connectivity index is 1.40. The van der Waals surface area contributed by atoms with Gasteiger partial charge in [-0.2, -0.15) is 0 Å². The van der Waals surface area contributed by atoms with Crippen molar-refractivity contribution in [2.75, 3.05) is 24.5 Å². The summed E-state index contributed by atoms with van der Waals surface area (Å²) in [6, 6.07) is 8.22. The fourth-order valence-corrected chi connectivity index (χ4v) is 3.47. The lowest BCUT2D eigenvalue weighted by Crippen LogP contribution is -2.41. The van der Waals surface area contributed by atoms with Gasteiger partial charge in [-0.15, -0.1) is 0 Å². The highest BCUT2D eigenvalue weighted by Gasteiger charge is 2.28. The molecular weight excluding hydrogens is 288 g/mol. The van der Waals surface area contributed by atoms with E-state index in [1.165, 1.54) is 12.8 Å². The van der Waals surface area contributed by atoms with Gasteiger partial charge < -0.3 is 14.8 Å². The summed E-state index contributed by atoms with van der Waals surface area (Å²) in [6.45, 7) is 2.68. The fourth-order valence-electron chi connectivity index (χ4n) is 3.47. The van der Waals surface area contributed by atoms with Gasteiger partial charge in [0.1, 0.15) is 0 Å². The van der Waals surface area contributed by atoms with Gasteiger partial charge in [0, 0.05) is 32.6 Å². The van der Waals surface area contributed by atoms with E-state index in [1.807, 2.05) is 12.1 Å². The number of hydrogen-bond donors (Lipinski definition) is 1.